The van der Waals surface area contributed by atoms with E-state index in [0.717, 1.165) is 0 Å². The van der Waals surface area contributed by atoms with Gasteiger partial charge in [0, 0.05) is 40.4 Å². The Bertz CT molecular complexity index is 446. The first-order valence-corrected chi connectivity index (χ1v) is 5.49. The summed E-state index contributed by atoms with van der Waals surface area (Å²) in [5, 5.41) is 4.05. The van der Waals surface area contributed by atoms with Crippen LogP contribution < -0.4 is 0 Å². The molecule has 0 atom stereocenters. The molecule has 6 nitrogen and oxygen atoms in total. The fraction of sp³-hybridized carbons (Fsp3) is 0.545. The first-order valence-electron chi connectivity index (χ1n) is 5.49. The van der Waals surface area contributed by atoms with Crippen molar-refractivity contribution in [2.75, 3.05) is 27.2 Å². The third-order valence-corrected chi connectivity index (χ3v) is 2.89. The van der Waals surface area contributed by atoms with Gasteiger partial charge < -0.3 is 9.80 Å². The lowest BCUT2D eigenvalue weighted by atomic mass is 9.98. The molecule has 17 heavy (non-hydrogen) atoms. The zero-order chi connectivity index (χ0) is 12.6. The molecule has 0 bridgehead atoms. The van der Waals surface area contributed by atoms with E-state index in [1.165, 1.54) is 0 Å². The highest BCUT2D eigenvalue weighted by atomic mass is 16.2. The molecule has 0 spiro atoms. The van der Waals surface area contributed by atoms with Crippen molar-refractivity contribution in [2.24, 2.45) is 13.0 Å². The van der Waals surface area contributed by atoms with Crippen molar-refractivity contribution in [1.29, 1.82) is 0 Å². The molecule has 1 aromatic heterocycles. The quantitative estimate of drug-likeness (QED) is 0.701. The van der Waals surface area contributed by atoms with Crippen LogP contribution in [0, 0.1) is 5.92 Å². The van der Waals surface area contributed by atoms with E-state index in [1.54, 1.807) is 47.9 Å². The van der Waals surface area contributed by atoms with Crippen LogP contribution in [0.3, 0.4) is 0 Å². The number of likely N-dealkylation sites (tertiary alicyclic amines) is 1. The molecule has 1 saturated heterocycles. The monoisotopic (exact) mass is 236 g/mol. The molecular formula is C11H16N4O2. The fourth-order valence-corrected chi connectivity index (χ4v) is 1.86. The summed E-state index contributed by atoms with van der Waals surface area (Å²) in [7, 11) is 5.22. The van der Waals surface area contributed by atoms with Gasteiger partial charge >= 0.3 is 0 Å². The Labute approximate surface area is 99.8 Å². The summed E-state index contributed by atoms with van der Waals surface area (Å²) in [6, 6.07) is 1.68. The molecule has 0 radical (unpaired) electrons. The van der Waals surface area contributed by atoms with Gasteiger partial charge in [-0.1, -0.05) is 0 Å². The van der Waals surface area contributed by atoms with E-state index in [0.29, 0.717) is 18.8 Å². The van der Waals surface area contributed by atoms with Crippen LogP contribution in [0.1, 0.15) is 10.5 Å². The number of amides is 2. The van der Waals surface area contributed by atoms with E-state index >= 15 is 0 Å². The molecule has 1 fully saturated rings. The summed E-state index contributed by atoms with van der Waals surface area (Å²) in [6.07, 6.45) is 1.73. The topological polar surface area (TPSA) is 58.4 Å². The van der Waals surface area contributed by atoms with E-state index in [4.69, 9.17) is 0 Å². The number of hydrogen-bond acceptors (Lipinski definition) is 3. The lowest BCUT2D eigenvalue weighted by Crippen LogP contribution is -2.55. The molecule has 2 heterocycles. The minimum Gasteiger partial charge on any atom is -0.348 e. The third kappa shape index (κ3) is 2.15. The van der Waals surface area contributed by atoms with E-state index in [2.05, 4.69) is 5.10 Å². The van der Waals surface area contributed by atoms with Crippen molar-refractivity contribution < 1.29 is 9.59 Å². The van der Waals surface area contributed by atoms with Crippen molar-refractivity contribution in [3.05, 3.63) is 18.0 Å². The van der Waals surface area contributed by atoms with Crippen LogP contribution in [-0.2, 0) is 11.8 Å². The van der Waals surface area contributed by atoms with Crippen LogP contribution in [0.25, 0.3) is 0 Å². The Hall–Kier alpha value is -1.85. The van der Waals surface area contributed by atoms with Gasteiger partial charge in [-0.05, 0) is 6.07 Å². The average molecular weight is 236 g/mol. The van der Waals surface area contributed by atoms with Crippen LogP contribution >= 0.6 is 0 Å². The van der Waals surface area contributed by atoms with Crippen molar-refractivity contribution in [2.45, 2.75) is 0 Å². The highest BCUT2D eigenvalue weighted by Crippen LogP contribution is 2.19. The van der Waals surface area contributed by atoms with Gasteiger partial charge in [0.1, 0.15) is 5.69 Å². The van der Waals surface area contributed by atoms with Gasteiger partial charge in [-0.15, -0.1) is 0 Å². The summed E-state index contributed by atoms with van der Waals surface area (Å²) in [6.45, 7) is 0.985. The van der Waals surface area contributed by atoms with Crippen LogP contribution in [0.2, 0.25) is 0 Å². The Morgan fingerprint density at radius 1 is 1.41 bits per heavy atom. The maximum atomic E-state index is 11.9. The molecule has 0 saturated carbocycles. The number of carbonyl (C=O) groups is 2. The molecule has 6 heteroatoms. The van der Waals surface area contributed by atoms with Gasteiger partial charge in [-0.25, -0.2) is 0 Å². The predicted octanol–water partition coefficient (Wildman–Crippen LogP) is -0.420. The maximum absolute atomic E-state index is 11.9. The number of carbonyl (C=O) groups excluding carboxylic acids is 2. The van der Waals surface area contributed by atoms with Crippen LogP contribution in [-0.4, -0.2) is 58.6 Å². The largest absolute Gasteiger partial charge is 0.348 e. The third-order valence-electron chi connectivity index (χ3n) is 2.89. The summed E-state index contributed by atoms with van der Waals surface area (Å²) in [5.74, 6) is -0.0823. The van der Waals surface area contributed by atoms with Gasteiger partial charge in [0.15, 0.2) is 0 Å². The molecule has 2 rings (SSSR count). The highest BCUT2D eigenvalue weighted by molar-refractivity contribution is 5.94. The second-order valence-electron chi connectivity index (χ2n) is 4.51. The minimum atomic E-state index is -0.103. The average Bonchev–Trinajstić information content (AvgIpc) is 2.62. The van der Waals surface area contributed by atoms with Crippen LogP contribution in [0.5, 0.6) is 0 Å². The van der Waals surface area contributed by atoms with Gasteiger partial charge in [-0.2, -0.15) is 5.10 Å². The number of aromatic nitrogens is 2. The normalized spacial score (nSPS) is 15.6. The van der Waals surface area contributed by atoms with E-state index < -0.39 is 0 Å². The zero-order valence-electron chi connectivity index (χ0n) is 10.3. The van der Waals surface area contributed by atoms with Crippen LogP contribution in [0.4, 0.5) is 0 Å². The molecule has 1 aromatic rings. The number of rotatable bonds is 2. The second kappa shape index (κ2) is 4.20. The predicted molar refractivity (Wildman–Crippen MR) is 61.3 cm³/mol. The van der Waals surface area contributed by atoms with Gasteiger partial charge in [-0.3, -0.25) is 14.3 Å². The summed E-state index contributed by atoms with van der Waals surface area (Å²) in [4.78, 5) is 26.7. The van der Waals surface area contributed by atoms with Gasteiger partial charge in [0.05, 0.1) is 5.92 Å². The Balaban J connectivity index is 1.92. The standard InChI is InChI=1S/C11H16N4O2/c1-13(2)10(16)8-6-15(7-8)11(17)9-4-5-14(3)12-9/h4-5,8H,6-7H2,1-3H3. The molecule has 1 aliphatic heterocycles. The number of nitrogens with zero attached hydrogens (tertiary/aromatic N) is 4. The molecule has 1 aliphatic rings. The number of hydrogen-bond donors (Lipinski definition) is 0. The summed E-state index contributed by atoms with van der Waals surface area (Å²) in [5.41, 5.74) is 0.434. The smallest absolute Gasteiger partial charge is 0.274 e. The lowest BCUT2D eigenvalue weighted by Gasteiger charge is -2.38. The SMILES string of the molecule is CN(C)C(=O)C1CN(C(=O)c2ccn(C)n2)C1. The van der Waals surface area contributed by atoms with Gasteiger partial charge in [0.25, 0.3) is 5.91 Å². The molecule has 0 aliphatic carbocycles. The molecule has 2 amide bonds. The number of aryl methyl sites for hydroxylation is 1. The first-order chi connectivity index (χ1) is 7.99. The molecule has 92 valence electrons. The Morgan fingerprint density at radius 2 is 2.06 bits per heavy atom. The second-order valence-corrected chi connectivity index (χ2v) is 4.51. The summed E-state index contributed by atoms with van der Waals surface area (Å²) >= 11 is 0. The van der Waals surface area contributed by atoms with Gasteiger partial charge in [0.2, 0.25) is 5.91 Å². The zero-order valence-corrected chi connectivity index (χ0v) is 10.3. The molecule has 0 aromatic carbocycles. The summed E-state index contributed by atoms with van der Waals surface area (Å²) < 4.78 is 1.59. The van der Waals surface area contributed by atoms with E-state index in [-0.39, 0.29) is 17.7 Å². The molecule has 0 unspecified atom stereocenters. The fourth-order valence-electron chi connectivity index (χ4n) is 1.86. The van der Waals surface area contributed by atoms with Crippen molar-refractivity contribution in [3.8, 4) is 0 Å². The van der Waals surface area contributed by atoms with Crippen LogP contribution in [0.15, 0.2) is 12.3 Å². The van der Waals surface area contributed by atoms with Crippen molar-refractivity contribution >= 4 is 11.8 Å². The molecular weight excluding hydrogens is 220 g/mol. The Morgan fingerprint density at radius 3 is 2.53 bits per heavy atom. The molecule has 0 N–H and O–H groups in total. The van der Waals surface area contributed by atoms with E-state index in [1.807, 2.05) is 0 Å². The highest BCUT2D eigenvalue weighted by Gasteiger charge is 2.37. The minimum absolute atomic E-state index is 0.0577. The van der Waals surface area contributed by atoms with E-state index in [9.17, 15) is 9.59 Å². The Kier molecular flexibility index (Phi) is 2.87. The first kappa shape index (κ1) is 11.6. The van der Waals surface area contributed by atoms with Crippen molar-refractivity contribution in [3.63, 3.8) is 0 Å². The lowest BCUT2D eigenvalue weighted by molar-refractivity contribution is -0.137. The van der Waals surface area contributed by atoms with Crippen molar-refractivity contribution in [1.82, 2.24) is 19.6 Å². The maximum Gasteiger partial charge on any atom is 0.274 e.